The van der Waals surface area contributed by atoms with Gasteiger partial charge in [-0.05, 0) is 20.8 Å². The van der Waals surface area contributed by atoms with Crippen molar-refractivity contribution in [2.24, 2.45) is 0 Å². The van der Waals surface area contributed by atoms with Gasteiger partial charge in [0.1, 0.15) is 11.4 Å². The van der Waals surface area contributed by atoms with Crippen molar-refractivity contribution < 1.29 is 33.3 Å². The largest absolute Gasteiger partial charge is 0.511 e. The number of esters is 1. The first-order chi connectivity index (χ1) is 10.7. The normalized spacial score (nSPS) is 29.3. The highest BCUT2D eigenvalue weighted by Gasteiger charge is 2.64. The molecule has 2 heterocycles. The van der Waals surface area contributed by atoms with Crippen LogP contribution < -0.4 is 0 Å². The van der Waals surface area contributed by atoms with Gasteiger partial charge in [0, 0.05) is 18.8 Å². The average Bonchev–Trinajstić information content (AvgIpc) is 2.67. The van der Waals surface area contributed by atoms with E-state index in [-0.39, 0.29) is 17.9 Å². The van der Waals surface area contributed by atoms with Gasteiger partial charge in [0.2, 0.25) is 6.29 Å². The first-order valence-electron chi connectivity index (χ1n) is 7.29. The lowest BCUT2D eigenvalue weighted by molar-refractivity contribution is -0.186. The molecule has 1 amide bonds. The van der Waals surface area contributed by atoms with Gasteiger partial charge in [0.05, 0.1) is 6.61 Å². The zero-order valence-corrected chi connectivity index (χ0v) is 14.5. The number of thioether (sulfide) groups is 1. The summed E-state index contributed by atoms with van der Waals surface area (Å²) in [5, 5.41) is -0.207. The van der Waals surface area contributed by atoms with Gasteiger partial charge in [-0.15, -0.1) is 11.8 Å². The topological polar surface area (TPSA) is 91.4 Å². The lowest BCUT2D eigenvalue weighted by atomic mass is 9.97. The molecule has 0 saturated carbocycles. The van der Waals surface area contributed by atoms with Crippen LogP contribution in [0.1, 0.15) is 27.7 Å². The highest BCUT2D eigenvalue weighted by atomic mass is 32.2. The number of nitrogens with zero attached hydrogens (tertiary/aromatic N) is 1. The molecule has 9 heteroatoms. The van der Waals surface area contributed by atoms with Gasteiger partial charge in [0.25, 0.3) is 5.91 Å². The minimum absolute atomic E-state index is 0.161. The van der Waals surface area contributed by atoms with Crippen LogP contribution in [0.15, 0.2) is 0 Å². The Morgan fingerprint density at radius 1 is 1.35 bits per heavy atom. The third-order valence-corrected chi connectivity index (χ3v) is 5.22. The summed E-state index contributed by atoms with van der Waals surface area (Å²) in [5.74, 6) is -0.860. The van der Waals surface area contributed by atoms with Crippen molar-refractivity contribution >= 4 is 29.8 Å². The maximum Gasteiger partial charge on any atom is 0.511 e. The summed E-state index contributed by atoms with van der Waals surface area (Å²) in [6.07, 6.45) is -2.55. The van der Waals surface area contributed by atoms with Crippen LogP contribution in [0.2, 0.25) is 0 Å². The summed E-state index contributed by atoms with van der Waals surface area (Å²) in [5.41, 5.74) is 0. The molecular formula is C14H21NO7S. The standard InChI is InChI=1S/C14H21NO7S/c1-6-20-13(18)22-7(2)21-12(17)9-14(3,4)23-11-8(19-5)10(16)15(9)11/h7-9,11H,6H2,1-5H3/t7?,8-,9+,11-/m1/s1. The van der Waals surface area contributed by atoms with Gasteiger partial charge in [0.15, 0.2) is 6.10 Å². The molecule has 2 saturated heterocycles. The molecule has 0 bridgehead atoms. The number of fused-ring (bicyclic) bond motifs is 1. The molecule has 0 aromatic heterocycles. The second kappa shape index (κ2) is 6.56. The molecule has 2 aliphatic rings. The summed E-state index contributed by atoms with van der Waals surface area (Å²) < 4.78 is 19.2. The summed E-state index contributed by atoms with van der Waals surface area (Å²) >= 11 is 1.49. The van der Waals surface area contributed by atoms with Crippen LogP contribution in [0, 0.1) is 0 Å². The fourth-order valence-electron chi connectivity index (χ4n) is 2.72. The van der Waals surface area contributed by atoms with E-state index in [1.165, 1.54) is 30.7 Å². The summed E-state index contributed by atoms with van der Waals surface area (Å²) in [7, 11) is 1.47. The van der Waals surface area contributed by atoms with E-state index in [1.54, 1.807) is 6.92 Å². The Labute approximate surface area is 138 Å². The van der Waals surface area contributed by atoms with E-state index in [0.717, 1.165) is 0 Å². The molecule has 0 N–H and O–H groups in total. The van der Waals surface area contributed by atoms with Crippen molar-refractivity contribution in [2.45, 2.75) is 56.3 Å². The summed E-state index contributed by atoms with van der Waals surface area (Å²) in [4.78, 5) is 37.2. The molecule has 4 atom stereocenters. The lowest BCUT2D eigenvalue weighted by Gasteiger charge is -2.42. The number of β-lactam (4-membered cyclic amide) rings is 1. The Hall–Kier alpha value is -1.48. The quantitative estimate of drug-likeness (QED) is 0.415. The number of hydrogen-bond donors (Lipinski definition) is 0. The third-order valence-electron chi connectivity index (χ3n) is 3.68. The second-order valence-corrected chi connectivity index (χ2v) is 7.49. The zero-order valence-electron chi connectivity index (χ0n) is 13.7. The zero-order chi connectivity index (χ0) is 17.4. The fraction of sp³-hybridized carbons (Fsp3) is 0.786. The molecule has 0 aliphatic carbocycles. The molecule has 0 aromatic carbocycles. The molecule has 2 aliphatic heterocycles. The van der Waals surface area contributed by atoms with Gasteiger partial charge in [-0.3, -0.25) is 4.79 Å². The number of methoxy groups -OCH3 is 1. The van der Waals surface area contributed by atoms with Crippen LogP contribution in [0.25, 0.3) is 0 Å². The van der Waals surface area contributed by atoms with E-state index < -0.39 is 35.3 Å². The highest BCUT2D eigenvalue weighted by Crippen LogP contribution is 2.51. The smallest absolute Gasteiger partial charge is 0.435 e. The highest BCUT2D eigenvalue weighted by molar-refractivity contribution is 8.01. The van der Waals surface area contributed by atoms with E-state index >= 15 is 0 Å². The third kappa shape index (κ3) is 3.25. The Balaban J connectivity index is 2.01. The van der Waals surface area contributed by atoms with Crippen molar-refractivity contribution in [3.63, 3.8) is 0 Å². The summed E-state index contributed by atoms with van der Waals surface area (Å²) in [6, 6.07) is -0.760. The molecule has 2 fully saturated rings. The molecule has 0 radical (unpaired) electrons. The molecule has 2 rings (SSSR count). The van der Waals surface area contributed by atoms with Crippen LogP contribution >= 0.6 is 11.8 Å². The van der Waals surface area contributed by atoms with Crippen LogP contribution in [-0.4, -0.2) is 65.2 Å². The molecule has 0 aromatic rings. The predicted octanol–water partition coefficient (Wildman–Crippen LogP) is 1.13. The molecule has 0 spiro atoms. The number of rotatable bonds is 5. The van der Waals surface area contributed by atoms with Crippen molar-refractivity contribution in [1.82, 2.24) is 4.90 Å². The van der Waals surface area contributed by atoms with Crippen molar-refractivity contribution in [3.05, 3.63) is 0 Å². The van der Waals surface area contributed by atoms with Crippen molar-refractivity contribution in [2.75, 3.05) is 13.7 Å². The second-order valence-electron chi connectivity index (χ2n) is 5.72. The van der Waals surface area contributed by atoms with Gasteiger partial charge >= 0.3 is 12.1 Å². The van der Waals surface area contributed by atoms with Gasteiger partial charge < -0.3 is 23.8 Å². The molecule has 23 heavy (non-hydrogen) atoms. The van der Waals surface area contributed by atoms with Crippen LogP contribution in [0.5, 0.6) is 0 Å². The van der Waals surface area contributed by atoms with Crippen molar-refractivity contribution in [1.29, 1.82) is 0 Å². The fourth-order valence-corrected chi connectivity index (χ4v) is 4.37. The number of carbonyl (C=O) groups excluding carboxylic acids is 3. The van der Waals surface area contributed by atoms with Gasteiger partial charge in [-0.2, -0.15) is 0 Å². The predicted molar refractivity (Wildman–Crippen MR) is 80.6 cm³/mol. The Morgan fingerprint density at radius 2 is 2.00 bits per heavy atom. The number of ether oxygens (including phenoxy) is 4. The van der Waals surface area contributed by atoms with Gasteiger partial charge in [-0.1, -0.05) is 0 Å². The van der Waals surface area contributed by atoms with Crippen LogP contribution in [0.4, 0.5) is 4.79 Å². The molecule has 1 unspecified atom stereocenters. The maximum atomic E-state index is 12.4. The Kier molecular flexibility index (Phi) is 5.10. The number of carbonyl (C=O) groups is 3. The van der Waals surface area contributed by atoms with E-state index in [4.69, 9.17) is 14.2 Å². The maximum absolute atomic E-state index is 12.4. The van der Waals surface area contributed by atoms with Crippen molar-refractivity contribution in [3.8, 4) is 0 Å². The minimum Gasteiger partial charge on any atom is -0.435 e. The summed E-state index contributed by atoms with van der Waals surface area (Å²) in [6.45, 7) is 6.93. The SMILES string of the molecule is CCOC(=O)OC(C)OC(=O)[C@@H]1N2C(=O)[C@@H](OC)[C@H]2SC1(C)C. The van der Waals surface area contributed by atoms with E-state index in [0.29, 0.717) is 0 Å². The molecular weight excluding hydrogens is 326 g/mol. The van der Waals surface area contributed by atoms with Crippen LogP contribution in [0.3, 0.4) is 0 Å². The Morgan fingerprint density at radius 3 is 2.57 bits per heavy atom. The molecule has 8 nitrogen and oxygen atoms in total. The Bertz CT molecular complexity index is 509. The van der Waals surface area contributed by atoms with E-state index in [2.05, 4.69) is 4.74 Å². The minimum atomic E-state index is -1.10. The molecule has 130 valence electrons. The van der Waals surface area contributed by atoms with E-state index in [1.807, 2.05) is 13.8 Å². The first-order valence-corrected chi connectivity index (χ1v) is 8.17. The first kappa shape index (κ1) is 17.9. The van der Waals surface area contributed by atoms with E-state index in [9.17, 15) is 14.4 Å². The lowest BCUT2D eigenvalue weighted by Crippen LogP contribution is -2.66. The van der Waals surface area contributed by atoms with Gasteiger partial charge in [-0.25, -0.2) is 9.59 Å². The monoisotopic (exact) mass is 347 g/mol. The average molecular weight is 347 g/mol. The number of amides is 1. The number of hydrogen-bond acceptors (Lipinski definition) is 8. The van der Waals surface area contributed by atoms with Crippen LogP contribution in [-0.2, 0) is 28.5 Å².